The van der Waals surface area contributed by atoms with Gasteiger partial charge in [-0.05, 0) is 62.6 Å². The van der Waals surface area contributed by atoms with Crippen molar-refractivity contribution in [3.63, 3.8) is 0 Å². The molecule has 3 rings (SSSR count). The van der Waals surface area contributed by atoms with E-state index in [9.17, 15) is 0 Å². The minimum atomic E-state index is 0.319. The van der Waals surface area contributed by atoms with Crippen LogP contribution in [-0.4, -0.2) is 70.0 Å². The number of thiophene rings is 1. The SMILES string of the molecule is CN=C(NCCCOCC1CCCO1)NCC1CCN(Cc2cccs2)CC1. The van der Waals surface area contributed by atoms with E-state index in [-0.39, 0.29) is 0 Å². The minimum absolute atomic E-state index is 0.319. The quantitative estimate of drug-likeness (QED) is 0.354. The Labute approximate surface area is 173 Å². The van der Waals surface area contributed by atoms with Crippen LogP contribution >= 0.6 is 11.3 Å². The molecule has 0 aromatic carbocycles. The Hall–Kier alpha value is -1.15. The van der Waals surface area contributed by atoms with Gasteiger partial charge in [0.15, 0.2) is 5.96 Å². The summed E-state index contributed by atoms with van der Waals surface area (Å²) in [6.45, 7) is 7.77. The van der Waals surface area contributed by atoms with Crippen LogP contribution < -0.4 is 10.6 Å². The average molecular weight is 409 g/mol. The van der Waals surface area contributed by atoms with Crippen LogP contribution in [0.1, 0.15) is 37.0 Å². The van der Waals surface area contributed by atoms with E-state index < -0.39 is 0 Å². The molecule has 7 heteroatoms. The topological polar surface area (TPSA) is 58.1 Å². The van der Waals surface area contributed by atoms with Crippen LogP contribution in [0.15, 0.2) is 22.5 Å². The maximum Gasteiger partial charge on any atom is 0.190 e. The van der Waals surface area contributed by atoms with Gasteiger partial charge < -0.3 is 20.1 Å². The second-order valence-electron chi connectivity index (χ2n) is 7.74. The molecule has 158 valence electrons. The maximum atomic E-state index is 5.71. The molecule has 0 aliphatic carbocycles. The first-order valence-corrected chi connectivity index (χ1v) is 11.6. The van der Waals surface area contributed by atoms with Crippen LogP contribution in [0, 0.1) is 5.92 Å². The largest absolute Gasteiger partial charge is 0.379 e. The Bertz CT molecular complexity index is 553. The molecule has 2 fully saturated rings. The van der Waals surface area contributed by atoms with E-state index in [1.807, 2.05) is 18.4 Å². The molecule has 0 bridgehead atoms. The van der Waals surface area contributed by atoms with Gasteiger partial charge in [0.1, 0.15) is 0 Å². The smallest absolute Gasteiger partial charge is 0.190 e. The molecular formula is C21H36N4O2S. The number of piperidine rings is 1. The third kappa shape index (κ3) is 7.70. The van der Waals surface area contributed by atoms with Crippen molar-refractivity contribution >= 4 is 17.3 Å². The molecule has 1 aromatic rings. The number of aliphatic imine (C=N–C) groups is 1. The first-order chi connectivity index (χ1) is 13.8. The predicted octanol–water partition coefficient (Wildman–Crippen LogP) is 2.71. The molecular weight excluding hydrogens is 372 g/mol. The molecule has 0 saturated carbocycles. The summed E-state index contributed by atoms with van der Waals surface area (Å²) >= 11 is 1.86. The predicted molar refractivity (Wildman–Crippen MR) is 116 cm³/mol. The van der Waals surface area contributed by atoms with Gasteiger partial charge in [0.2, 0.25) is 0 Å². The molecule has 0 amide bonds. The summed E-state index contributed by atoms with van der Waals surface area (Å²) < 4.78 is 11.3. The van der Waals surface area contributed by atoms with Gasteiger partial charge >= 0.3 is 0 Å². The highest BCUT2D eigenvalue weighted by atomic mass is 32.1. The standard InChI is InChI=1S/C21H36N4O2S/c1-22-21(23-9-4-12-26-17-19-5-2-13-27-19)24-15-18-7-10-25(11-8-18)16-20-6-3-14-28-20/h3,6,14,18-19H,2,4-5,7-13,15-17H2,1H3,(H2,22,23,24). The Balaban J connectivity index is 1.20. The molecule has 28 heavy (non-hydrogen) atoms. The molecule has 0 spiro atoms. The van der Waals surface area contributed by atoms with Crippen LogP contribution in [0.4, 0.5) is 0 Å². The van der Waals surface area contributed by atoms with Gasteiger partial charge in [-0.1, -0.05) is 6.07 Å². The fourth-order valence-electron chi connectivity index (χ4n) is 3.80. The van der Waals surface area contributed by atoms with Crippen molar-refractivity contribution < 1.29 is 9.47 Å². The molecule has 1 atom stereocenters. The van der Waals surface area contributed by atoms with E-state index in [0.29, 0.717) is 6.10 Å². The first kappa shape index (κ1) is 21.6. The van der Waals surface area contributed by atoms with Crippen LogP contribution in [0.5, 0.6) is 0 Å². The third-order valence-electron chi connectivity index (χ3n) is 5.53. The summed E-state index contributed by atoms with van der Waals surface area (Å²) in [7, 11) is 1.84. The Kier molecular flexibility index (Phi) is 9.56. The molecule has 2 saturated heterocycles. The van der Waals surface area contributed by atoms with E-state index in [1.165, 1.54) is 37.2 Å². The zero-order valence-corrected chi connectivity index (χ0v) is 18.0. The number of likely N-dealkylation sites (tertiary alicyclic amines) is 1. The highest BCUT2D eigenvalue weighted by Crippen LogP contribution is 2.20. The van der Waals surface area contributed by atoms with Crippen molar-refractivity contribution in [1.82, 2.24) is 15.5 Å². The number of rotatable bonds is 10. The monoisotopic (exact) mass is 408 g/mol. The van der Waals surface area contributed by atoms with Gasteiger partial charge in [0.05, 0.1) is 12.7 Å². The highest BCUT2D eigenvalue weighted by molar-refractivity contribution is 7.09. The van der Waals surface area contributed by atoms with E-state index in [2.05, 4.69) is 38.0 Å². The Morgan fingerprint density at radius 1 is 1.32 bits per heavy atom. The number of nitrogens with one attached hydrogen (secondary N) is 2. The fourth-order valence-corrected chi connectivity index (χ4v) is 4.55. The van der Waals surface area contributed by atoms with Crippen molar-refractivity contribution in [3.05, 3.63) is 22.4 Å². The second-order valence-corrected chi connectivity index (χ2v) is 8.77. The van der Waals surface area contributed by atoms with Crippen molar-refractivity contribution in [2.24, 2.45) is 10.9 Å². The molecule has 1 aromatic heterocycles. The van der Waals surface area contributed by atoms with Gasteiger partial charge in [-0.25, -0.2) is 0 Å². The fraction of sp³-hybridized carbons (Fsp3) is 0.762. The summed E-state index contributed by atoms with van der Waals surface area (Å²) in [5, 5.41) is 9.06. The number of ether oxygens (including phenoxy) is 2. The average Bonchev–Trinajstić information content (AvgIpc) is 3.42. The Morgan fingerprint density at radius 3 is 2.93 bits per heavy atom. The van der Waals surface area contributed by atoms with Crippen LogP contribution in [0.2, 0.25) is 0 Å². The summed E-state index contributed by atoms with van der Waals surface area (Å²) in [5.74, 6) is 1.63. The van der Waals surface area contributed by atoms with Gasteiger partial charge in [-0.2, -0.15) is 0 Å². The number of hydrogen-bond donors (Lipinski definition) is 2. The van der Waals surface area contributed by atoms with E-state index >= 15 is 0 Å². The minimum Gasteiger partial charge on any atom is -0.379 e. The summed E-state index contributed by atoms with van der Waals surface area (Å²) in [5.41, 5.74) is 0. The van der Waals surface area contributed by atoms with Gasteiger partial charge in [-0.3, -0.25) is 9.89 Å². The van der Waals surface area contributed by atoms with Crippen molar-refractivity contribution in [1.29, 1.82) is 0 Å². The van der Waals surface area contributed by atoms with E-state index in [1.54, 1.807) is 0 Å². The normalized spacial score (nSPS) is 21.9. The van der Waals surface area contributed by atoms with Crippen LogP contribution in [0.25, 0.3) is 0 Å². The molecule has 6 nitrogen and oxygen atoms in total. The number of guanidine groups is 1. The molecule has 3 heterocycles. The molecule has 1 unspecified atom stereocenters. The van der Waals surface area contributed by atoms with Crippen molar-refractivity contribution in [2.45, 2.75) is 44.8 Å². The van der Waals surface area contributed by atoms with Gasteiger partial charge in [-0.15, -0.1) is 11.3 Å². The highest BCUT2D eigenvalue weighted by Gasteiger charge is 2.19. The van der Waals surface area contributed by atoms with Crippen molar-refractivity contribution in [3.8, 4) is 0 Å². The number of hydrogen-bond acceptors (Lipinski definition) is 5. The lowest BCUT2D eigenvalue weighted by Crippen LogP contribution is -2.43. The molecule has 2 aliphatic rings. The zero-order chi connectivity index (χ0) is 19.4. The molecule has 0 radical (unpaired) electrons. The molecule has 2 aliphatic heterocycles. The van der Waals surface area contributed by atoms with Gasteiger partial charge in [0.25, 0.3) is 0 Å². The van der Waals surface area contributed by atoms with Crippen molar-refractivity contribution in [2.75, 3.05) is 53.0 Å². The lowest BCUT2D eigenvalue weighted by molar-refractivity contribution is 0.0168. The second kappa shape index (κ2) is 12.4. The summed E-state index contributed by atoms with van der Waals surface area (Å²) in [4.78, 5) is 8.39. The Morgan fingerprint density at radius 2 is 2.21 bits per heavy atom. The third-order valence-corrected chi connectivity index (χ3v) is 6.40. The maximum absolute atomic E-state index is 5.71. The van der Waals surface area contributed by atoms with E-state index in [0.717, 1.165) is 64.2 Å². The summed E-state index contributed by atoms with van der Waals surface area (Å²) in [6, 6.07) is 4.38. The zero-order valence-electron chi connectivity index (χ0n) is 17.2. The summed E-state index contributed by atoms with van der Waals surface area (Å²) in [6.07, 6.45) is 6.12. The lowest BCUT2D eigenvalue weighted by Gasteiger charge is -2.32. The first-order valence-electron chi connectivity index (χ1n) is 10.7. The van der Waals surface area contributed by atoms with Gasteiger partial charge in [0, 0.05) is 44.8 Å². The number of nitrogens with zero attached hydrogens (tertiary/aromatic N) is 2. The van der Waals surface area contributed by atoms with Crippen LogP contribution in [0.3, 0.4) is 0 Å². The lowest BCUT2D eigenvalue weighted by atomic mass is 9.97. The van der Waals surface area contributed by atoms with E-state index in [4.69, 9.17) is 9.47 Å². The van der Waals surface area contributed by atoms with Crippen LogP contribution in [-0.2, 0) is 16.0 Å². The molecule has 2 N–H and O–H groups in total.